The van der Waals surface area contributed by atoms with Crippen LogP contribution in [0.5, 0.6) is 0 Å². The number of carbonyl (C=O) groups is 2. The Bertz CT molecular complexity index is 704. The highest BCUT2D eigenvalue weighted by Gasteiger charge is 2.10. The van der Waals surface area contributed by atoms with Crippen LogP contribution in [-0.4, -0.2) is 11.8 Å². The minimum Gasteiger partial charge on any atom is -0.364 e. The van der Waals surface area contributed by atoms with Crippen molar-refractivity contribution in [1.82, 2.24) is 5.32 Å². The predicted molar refractivity (Wildman–Crippen MR) is 86.7 cm³/mol. The van der Waals surface area contributed by atoms with Crippen LogP contribution in [0.2, 0.25) is 0 Å². The molecule has 4 nitrogen and oxygen atoms in total. The molecule has 0 spiro atoms. The zero-order valence-electron chi connectivity index (χ0n) is 11.9. The molecule has 22 heavy (non-hydrogen) atoms. The molecule has 0 heterocycles. The van der Waals surface area contributed by atoms with E-state index < -0.39 is 5.91 Å². The maximum atomic E-state index is 12.0. The van der Waals surface area contributed by atoms with Crippen molar-refractivity contribution < 1.29 is 9.59 Å². The highest BCUT2D eigenvalue weighted by Crippen LogP contribution is 2.03. The van der Waals surface area contributed by atoms with Gasteiger partial charge in [0.15, 0.2) is 0 Å². The second-order valence-electron chi connectivity index (χ2n) is 4.53. The molecule has 0 saturated heterocycles. The van der Waals surface area contributed by atoms with Crippen LogP contribution in [0.25, 0.3) is 6.08 Å². The molecule has 0 aromatic heterocycles. The van der Waals surface area contributed by atoms with Gasteiger partial charge in [0.25, 0.3) is 11.8 Å². The molecule has 0 radical (unpaired) electrons. The van der Waals surface area contributed by atoms with Crippen LogP contribution in [-0.2, 0) is 4.79 Å². The molecule has 0 bridgehead atoms. The number of carbonyl (C=O) groups excluding carboxylic acids is 2. The van der Waals surface area contributed by atoms with E-state index in [0.29, 0.717) is 5.56 Å². The molecule has 2 aromatic carbocycles. The fourth-order valence-corrected chi connectivity index (χ4v) is 1.79. The second kappa shape index (κ2) is 7.59. The molecular weight excluding hydrogens is 276 g/mol. The second-order valence-corrected chi connectivity index (χ2v) is 4.53. The van der Waals surface area contributed by atoms with Gasteiger partial charge in [0.05, 0.1) is 0 Å². The fraction of sp³-hybridized carbons (Fsp3) is 0. The summed E-state index contributed by atoms with van der Waals surface area (Å²) in [5, 5.41) is 2.52. The number of rotatable bonds is 5. The van der Waals surface area contributed by atoms with E-state index in [-0.39, 0.29) is 11.6 Å². The van der Waals surface area contributed by atoms with Crippen LogP contribution in [0.1, 0.15) is 15.9 Å². The molecule has 0 fully saturated rings. The van der Waals surface area contributed by atoms with Gasteiger partial charge in [-0.15, -0.1) is 0 Å². The quantitative estimate of drug-likeness (QED) is 0.656. The lowest BCUT2D eigenvalue weighted by Gasteiger charge is -2.05. The summed E-state index contributed by atoms with van der Waals surface area (Å²) in [6, 6.07) is 18.2. The first-order valence-corrected chi connectivity index (χ1v) is 6.76. The molecular formula is C18H16N2O2. The molecule has 110 valence electrons. The average molecular weight is 292 g/mol. The summed E-state index contributed by atoms with van der Waals surface area (Å²) in [7, 11) is 0. The number of primary amides is 1. The maximum absolute atomic E-state index is 12.0. The van der Waals surface area contributed by atoms with Crippen molar-refractivity contribution in [2.24, 2.45) is 5.73 Å². The van der Waals surface area contributed by atoms with Crippen molar-refractivity contribution in [2.45, 2.75) is 0 Å². The third kappa shape index (κ3) is 4.45. The van der Waals surface area contributed by atoms with E-state index in [1.54, 1.807) is 30.3 Å². The number of nitrogens with one attached hydrogen (secondary N) is 1. The standard InChI is InChI=1S/C18H16N2O2/c19-17(21)16(13-7-10-14-8-3-1-4-9-14)20-18(22)15-11-5-2-6-12-15/h1-13H,(H2,19,21)(H,20,22)/b10-7+,16-13+. The Hall–Kier alpha value is -3.14. The van der Waals surface area contributed by atoms with Crippen molar-refractivity contribution in [3.63, 3.8) is 0 Å². The molecule has 0 atom stereocenters. The van der Waals surface area contributed by atoms with E-state index in [9.17, 15) is 9.59 Å². The molecule has 2 amide bonds. The first kappa shape index (κ1) is 15.3. The van der Waals surface area contributed by atoms with Gasteiger partial charge in [0.1, 0.15) is 5.70 Å². The highest BCUT2D eigenvalue weighted by atomic mass is 16.2. The van der Waals surface area contributed by atoms with Gasteiger partial charge in [-0.1, -0.05) is 60.7 Å². The van der Waals surface area contributed by atoms with Gasteiger partial charge in [-0.05, 0) is 23.8 Å². The van der Waals surface area contributed by atoms with E-state index >= 15 is 0 Å². The van der Waals surface area contributed by atoms with E-state index in [0.717, 1.165) is 5.56 Å². The largest absolute Gasteiger partial charge is 0.364 e. The lowest BCUT2D eigenvalue weighted by Crippen LogP contribution is -2.31. The van der Waals surface area contributed by atoms with Crippen LogP contribution in [0, 0.1) is 0 Å². The molecule has 3 N–H and O–H groups in total. The summed E-state index contributed by atoms with van der Waals surface area (Å²) in [6.07, 6.45) is 4.97. The number of benzene rings is 2. The summed E-state index contributed by atoms with van der Waals surface area (Å²) in [5.74, 6) is -1.07. The maximum Gasteiger partial charge on any atom is 0.265 e. The summed E-state index contributed by atoms with van der Waals surface area (Å²) < 4.78 is 0. The minimum absolute atomic E-state index is 0.0426. The Kier molecular flexibility index (Phi) is 5.26. The van der Waals surface area contributed by atoms with E-state index in [1.165, 1.54) is 6.08 Å². The topological polar surface area (TPSA) is 72.2 Å². The van der Waals surface area contributed by atoms with Crippen molar-refractivity contribution >= 4 is 17.9 Å². The first-order valence-electron chi connectivity index (χ1n) is 6.76. The molecule has 0 aliphatic carbocycles. The SMILES string of the molecule is NC(=O)/C(=C\C=C\c1ccccc1)NC(=O)c1ccccc1. The van der Waals surface area contributed by atoms with Crippen LogP contribution in [0.3, 0.4) is 0 Å². The zero-order valence-corrected chi connectivity index (χ0v) is 11.9. The lowest BCUT2D eigenvalue weighted by atomic mass is 10.2. The molecule has 4 heteroatoms. The molecule has 2 aromatic rings. The van der Waals surface area contributed by atoms with Crippen molar-refractivity contribution in [2.75, 3.05) is 0 Å². The highest BCUT2D eigenvalue weighted by molar-refractivity contribution is 6.02. The van der Waals surface area contributed by atoms with Gasteiger partial charge in [-0.25, -0.2) is 0 Å². The molecule has 2 rings (SSSR count). The Labute approximate surface area is 129 Å². The number of amides is 2. The fourth-order valence-electron chi connectivity index (χ4n) is 1.79. The van der Waals surface area contributed by atoms with E-state index in [2.05, 4.69) is 5.32 Å². The van der Waals surface area contributed by atoms with Crippen molar-refractivity contribution in [3.05, 3.63) is 89.6 Å². The van der Waals surface area contributed by atoms with Gasteiger partial charge in [0, 0.05) is 5.56 Å². The number of allylic oxidation sites excluding steroid dienone is 2. The summed E-state index contributed by atoms with van der Waals surface area (Å²) in [5.41, 5.74) is 6.77. The van der Waals surface area contributed by atoms with Gasteiger partial charge < -0.3 is 11.1 Å². The smallest absolute Gasteiger partial charge is 0.265 e. The Morgan fingerprint density at radius 2 is 1.50 bits per heavy atom. The number of hydrogen-bond donors (Lipinski definition) is 2. The molecule has 0 saturated carbocycles. The molecule has 0 aliphatic rings. The lowest BCUT2D eigenvalue weighted by molar-refractivity contribution is -0.114. The number of hydrogen-bond acceptors (Lipinski definition) is 2. The first-order chi connectivity index (χ1) is 10.7. The van der Waals surface area contributed by atoms with Crippen LogP contribution in [0.15, 0.2) is 78.5 Å². The van der Waals surface area contributed by atoms with Crippen molar-refractivity contribution in [1.29, 1.82) is 0 Å². The summed E-state index contributed by atoms with van der Waals surface area (Å²) >= 11 is 0. The Morgan fingerprint density at radius 3 is 2.09 bits per heavy atom. The third-order valence-corrected chi connectivity index (χ3v) is 2.90. The number of nitrogens with two attached hydrogens (primary N) is 1. The Morgan fingerprint density at radius 1 is 0.909 bits per heavy atom. The normalized spacial score (nSPS) is 11.4. The van der Waals surface area contributed by atoms with Gasteiger partial charge in [-0.3, -0.25) is 9.59 Å². The van der Waals surface area contributed by atoms with E-state index in [1.807, 2.05) is 42.5 Å². The van der Waals surface area contributed by atoms with E-state index in [4.69, 9.17) is 5.73 Å². The minimum atomic E-state index is -0.693. The summed E-state index contributed by atoms with van der Waals surface area (Å²) in [4.78, 5) is 23.4. The third-order valence-electron chi connectivity index (χ3n) is 2.90. The summed E-state index contributed by atoms with van der Waals surface area (Å²) in [6.45, 7) is 0. The van der Waals surface area contributed by atoms with Crippen LogP contribution < -0.4 is 11.1 Å². The average Bonchev–Trinajstić information content (AvgIpc) is 2.55. The monoisotopic (exact) mass is 292 g/mol. The molecule has 0 unspecified atom stereocenters. The van der Waals surface area contributed by atoms with Crippen LogP contribution in [0.4, 0.5) is 0 Å². The van der Waals surface area contributed by atoms with Crippen molar-refractivity contribution in [3.8, 4) is 0 Å². The molecule has 0 aliphatic heterocycles. The van der Waals surface area contributed by atoms with Crippen LogP contribution >= 0.6 is 0 Å². The predicted octanol–water partition coefficient (Wildman–Crippen LogP) is 2.50. The van der Waals surface area contributed by atoms with Gasteiger partial charge in [-0.2, -0.15) is 0 Å². The van der Waals surface area contributed by atoms with Gasteiger partial charge >= 0.3 is 0 Å². The zero-order chi connectivity index (χ0) is 15.8. The Balaban J connectivity index is 2.10. The van der Waals surface area contributed by atoms with Gasteiger partial charge in [0.2, 0.25) is 0 Å².